The quantitative estimate of drug-likeness (QED) is 0.758. The molecule has 0 spiro atoms. The molecule has 1 aliphatic rings. The monoisotopic (exact) mass is 251 g/mol. The summed E-state index contributed by atoms with van der Waals surface area (Å²) in [6.45, 7) is 0. The van der Waals surface area contributed by atoms with Crippen molar-refractivity contribution in [3.63, 3.8) is 0 Å². The van der Waals surface area contributed by atoms with E-state index in [1.165, 1.54) is 49.7 Å². The summed E-state index contributed by atoms with van der Waals surface area (Å²) in [4.78, 5) is 4.50. The van der Waals surface area contributed by atoms with Gasteiger partial charge in [-0.25, -0.2) is 0 Å². The first-order valence-electron chi connectivity index (χ1n) is 7.42. The van der Waals surface area contributed by atoms with Gasteiger partial charge in [-0.3, -0.25) is 4.98 Å². The number of pyridine rings is 1. The lowest BCUT2D eigenvalue weighted by atomic mass is 9.85. The maximum atomic E-state index is 4.50. The minimum Gasteiger partial charge on any atom is -0.256 e. The van der Waals surface area contributed by atoms with E-state index in [1.54, 1.807) is 0 Å². The third-order valence-corrected chi connectivity index (χ3v) is 4.14. The Balaban J connectivity index is 1.76. The Morgan fingerprint density at radius 2 is 1.74 bits per heavy atom. The van der Waals surface area contributed by atoms with E-state index in [2.05, 4.69) is 47.4 Å². The van der Waals surface area contributed by atoms with Crippen LogP contribution in [0.5, 0.6) is 0 Å². The largest absolute Gasteiger partial charge is 0.256 e. The van der Waals surface area contributed by atoms with E-state index >= 15 is 0 Å². The fourth-order valence-corrected chi connectivity index (χ4v) is 3.09. The molecule has 19 heavy (non-hydrogen) atoms. The number of hydrogen-bond donors (Lipinski definition) is 0. The molecule has 1 heterocycles. The van der Waals surface area contributed by atoms with E-state index in [0.717, 1.165) is 11.6 Å². The van der Waals surface area contributed by atoms with Crippen LogP contribution in [0.2, 0.25) is 0 Å². The van der Waals surface area contributed by atoms with Crippen molar-refractivity contribution >= 4 is 0 Å². The predicted molar refractivity (Wildman–Crippen MR) is 80.0 cm³/mol. The maximum Gasteiger partial charge on any atom is 0.0704 e. The summed E-state index contributed by atoms with van der Waals surface area (Å²) >= 11 is 0. The molecule has 3 rings (SSSR count). The molecule has 0 bridgehead atoms. The molecule has 0 amide bonds. The summed E-state index contributed by atoms with van der Waals surface area (Å²) < 4.78 is 0. The van der Waals surface area contributed by atoms with Crippen LogP contribution in [0.1, 0.15) is 37.7 Å². The smallest absolute Gasteiger partial charge is 0.0704 e. The highest BCUT2D eigenvalue weighted by Crippen LogP contribution is 2.27. The Morgan fingerprint density at radius 1 is 0.947 bits per heavy atom. The topological polar surface area (TPSA) is 12.9 Å². The zero-order chi connectivity index (χ0) is 12.9. The van der Waals surface area contributed by atoms with Crippen molar-refractivity contribution in [2.24, 2.45) is 5.92 Å². The van der Waals surface area contributed by atoms with Gasteiger partial charge in [0.25, 0.3) is 0 Å². The molecule has 0 aliphatic heterocycles. The number of nitrogens with zero attached hydrogens (tertiary/aromatic N) is 1. The Bertz CT molecular complexity index is 512. The molecule has 2 aromatic rings. The number of benzene rings is 1. The van der Waals surface area contributed by atoms with Gasteiger partial charge in [0.2, 0.25) is 0 Å². The summed E-state index contributed by atoms with van der Waals surface area (Å²) in [6.07, 6.45) is 10.3. The van der Waals surface area contributed by atoms with Gasteiger partial charge in [-0.15, -0.1) is 0 Å². The van der Waals surface area contributed by atoms with Crippen LogP contribution in [0, 0.1) is 5.92 Å². The lowest BCUT2D eigenvalue weighted by molar-refractivity contribution is 0.356. The number of aromatic nitrogens is 1. The second kappa shape index (κ2) is 6.01. The van der Waals surface area contributed by atoms with Gasteiger partial charge >= 0.3 is 0 Å². The van der Waals surface area contributed by atoms with E-state index in [9.17, 15) is 0 Å². The summed E-state index contributed by atoms with van der Waals surface area (Å²) in [5.74, 6) is 0.889. The van der Waals surface area contributed by atoms with Gasteiger partial charge in [0.15, 0.2) is 0 Å². The van der Waals surface area contributed by atoms with Crippen molar-refractivity contribution in [3.8, 4) is 11.3 Å². The molecule has 0 atom stereocenters. The minimum atomic E-state index is 0.889. The standard InChI is InChI=1S/C18H21N/c1-3-7-15(8-4-1)13-16-11-12-19-18(14-16)17-9-5-2-6-10-17/h2,5-6,9-12,14-15H,1,3-4,7-8,13H2. The van der Waals surface area contributed by atoms with Crippen molar-refractivity contribution in [2.75, 3.05) is 0 Å². The average Bonchev–Trinajstić information content (AvgIpc) is 2.49. The van der Waals surface area contributed by atoms with Crippen molar-refractivity contribution in [2.45, 2.75) is 38.5 Å². The summed E-state index contributed by atoms with van der Waals surface area (Å²) in [5, 5.41) is 0. The molecule has 1 nitrogen and oxygen atoms in total. The summed E-state index contributed by atoms with van der Waals surface area (Å²) in [7, 11) is 0. The van der Waals surface area contributed by atoms with Crippen molar-refractivity contribution < 1.29 is 0 Å². The molecule has 1 fully saturated rings. The Hall–Kier alpha value is -1.63. The van der Waals surface area contributed by atoms with Gasteiger partial charge < -0.3 is 0 Å². The van der Waals surface area contributed by atoms with Gasteiger partial charge in [-0.05, 0) is 30.0 Å². The molecule has 0 unspecified atom stereocenters. The van der Waals surface area contributed by atoms with Gasteiger partial charge in [0, 0.05) is 11.8 Å². The highest BCUT2D eigenvalue weighted by molar-refractivity contribution is 5.59. The van der Waals surface area contributed by atoms with Gasteiger partial charge in [0.1, 0.15) is 0 Å². The lowest BCUT2D eigenvalue weighted by Gasteiger charge is -2.21. The molecule has 1 saturated carbocycles. The highest BCUT2D eigenvalue weighted by atomic mass is 14.7. The normalized spacial score (nSPS) is 16.4. The third kappa shape index (κ3) is 3.23. The number of rotatable bonds is 3. The van der Waals surface area contributed by atoms with Crippen LogP contribution in [0.15, 0.2) is 48.7 Å². The fraction of sp³-hybridized carbons (Fsp3) is 0.389. The molecule has 0 radical (unpaired) electrons. The summed E-state index contributed by atoms with van der Waals surface area (Å²) in [5.41, 5.74) is 3.77. The van der Waals surface area contributed by atoms with Crippen LogP contribution in [-0.4, -0.2) is 4.98 Å². The van der Waals surface area contributed by atoms with Crippen LogP contribution in [0.4, 0.5) is 0 Å². The fourth-order valence-electron chi connectivity index (χ4n) is 3.09. The maximum absolute atomic E-state index is 4.50. The van der Waals surface area contributed by atoms with Gasteiger partial charge in [0.05, 0.1) is 5.69 Å². The van der Waals surface area contributed by atoms with E-state index in [-0.39, 0.29) is 0 Å². The molecular formula is C18H21N. The van der Waals surface area contributed by atoms with Gasteiger partial charge in [-0.2, -0.15) is 0 Å². The average molecular weight is 251 g/mol. The molecule has 1 heteroatoms. The molecule has 0 N–H and O–H groups in total. The van der Waals surface area contributed by atoms with Crippen LogP contribution in [0.25, 0.3) is 11.3 Å². The molecule has 1 aromatic carbocycles. The van der Waals surface area contributed by atoms with Gasteiger partial charge in [-0.1, -0.05) is 62.4 Å². The Kier molecular flexibility index (Phi) is 3.92. The SMILES string of the molecule is c1ccc(-c2cc(CC3CCCCC3)ccn2)cc1. The van der Waals surface area contributed by atoms with Crippen LogP contribution < -0.4 is 0 Å². The lowest BCUT2D eigenvalue weighted by Crippen LogP contribution is -2.09. The van der Waals surface area contributed by atoms with E-state index in [0.29, 0.717) is 0 Å². The zero-order valence-electron chi connectivity index (χ0n) is 11.4. The van der Waals surface area contributed by atoms with Crippen molar-refractivity contribution in [3.05, 3.63) is 54.2 Å². The van der Waals surface area contributed by atoms with Crippen molar-refractivity contribution in [1.29, 1.82) is 0 Å². The number of hydrogen-bond acceptors (Lipinski definition) is 1. The second-order valence-corrected chi connectivity index (χ2v) is 5.62. The second-order valence-electron chi connectivity index (χ2n) is 5.62. The van der Waals surface area contributed by atoms with Crippen LogP contribution in [-0.2, 0) is 6.42 Å². The summed E-state index contributed by atoms with van der Waals surface area (Å²) in [6, 6.07) is 14.9. The zero-order valence-corrected chi connectivity index (χ0v) is 11.4. The highest BCUT2D eigenvalue weighted by Gasteiger charge is 2.14. The van der Waals surface area contributed by atoms with Crippen molar-refractivity contribution in [1.82, 2.24) is 4.98 Å². The first kappa shape index (κ1) is 12.4. The molecule has 1 aliphatic carbocycles. The predicted octanol–water partition coefficient (Wildman–Crippen LogP) is 4.87. The first-order chi connectivity index (χ1) is 9.42. The van der Waals surface area contributed by atoms with E-state index < -0.39 is 0 Å². The van der Waals surface area contributed by atoms with Crippen LogP contribution in [0.3, 0.4) is 0 Å². The molecule has 1 aromatic heterocycles. The van der Waals surface area contributed by atoms with E-state index in [1.807, 2.05) is 6.20 Å². The molecule has 98 valence electrons. The third-order valence-electron chi connectivity index (χ3n) is 4.14. The van der Waals surface area contributed by atoms with Crippen LogP contribution >= 0.6 is 0 Å². The molecule has 0 saturated heterocycles. The van der Waals surface area contributed by atoms with E-state index in [4.69, 9.17) is 0 Å². The Morgan fingerprint density at radius 3 is 2.53 bits per heavy atom. The Labute approximate surface area is 115 Å². The minimum absolute atomic E-state index is 0.889. The molecular weight excluding hydrogens is 230 g/mol. The first-order valence-corrected chi connectivity index (χ1v) is 7.42.